The van der Waals surface area contributed by atoms with Crippen molar-refractivity contribution < 1.29 is 41.7 Å². The van der Waals surface area contributed by atoms with Gasteiger partial charge in [0.1, 0.15) is 12.2 Å². The van der Waals surface area contributed by atoms with Gasteiger partial charge in [0.25, 0.3) is 0 Å². The normalized spacial score (nSPS) is 23.3. The highest BCUT2D eigenvalue weighted by Crippen LogP contribution is 2.40. The molecule has 4 rings (SSSR count). The van der Waals surface area contributed by atoms with Crippen LogP contribution in [0.3, 0.4) is 0 Å². The molecule has 1 saturated carbocycles. The van der Waals surface area contributed by atoms with Gasteiger partial charge in [-0.25, -0.2) is 9.36 Å². The van der Waals surface area contributed by atoms with Crippen LogP contribution in [0, 0.1) is 5.92 Å². The number of alkyl halides is 3. The van der Waals surface area contributed by atoms with Crippen molar-refractivity contribution in [2.45, 2.75) is 70.4 Å². The molecular weight excluding hydrogens is 479 g/mol. The van der Waals surface area contributed by atoms with E-state index < -0.39 is 54.8 Å². The number of hydrogen-bond acceptors (Lipinski definition) is 10. The van der Waals surface area contributed by atoms with E-state index in [9.17, 15) is 27.6 Å². The van der Waals surface area contributed by atoms with E-state index in [1.807, 2.05) is 0 Å². The summed E-state index contributed by atoms with van der Waals surface area (Å²) in [7, 11) is 1.32. The Morgan fingerprint density at radius 2 is 1.91 bits per heavy atom. The first-order valence-corrected chi connectivity index (χ1v) is 10.8. The molecule has 1 aliphatic carbocycles. The van der Waals surface area contributed by atoms with E-state index in [4.69, 9.17) is 19.9 Å². The third kappa shape index (κ3) is 4.90. The average Bonchev–Trinajstić information content (AvgIpc) is 3.42. The molecule has 3 heterocycles. The number of nitrogens with zero attached hydrogens (tertiary/aromatic N) is 4. The van der Waals surface area contributed by atoms with Gasteiger partial charge in [0, 0.05) is 26.8 Å². The summed E-state index contributed by atoms with van der Waals surface area (Å²) < 4.78 is 64.0. The predicted octanol–water partition coefficient (Wildman–Crippen LogP) is 1.31. The van der Waals surface area contributed by atoms with Crippen molar-refractivity contribution in [3.8, 4) is 5.88 Å². The summed E-state index contributed by atoms with van der Waals surface area (Å²) in [5, 5.41) is 0. The van der Waals surface area contributed by atoms with E-state index in [0.29, 0.717) is 6.54 Å². The van der Waals surface area contributed by atoms with Crippen molar-refractivity contribution in [3.63, 3.8) is 0 Å². The Balaban J connectivity index is 1.85. The molecule has 1 aliphatic heterocycles. The number of fused-ring (bicyclic) bond motifs is 1. The molecule has 0 spiro atoms. The molecule has 1 saturated heterocycles. The molecule has 0 amide bonds. The number of nitrogen functional groups attached to an aromatic ring is 1. The van der Waals surface area contributed by atoms with Gasteiger partial charge in [0.15, 0.2) is 17.4 Å². The van der Waals surface area contributed by atoms with Gasteiger partial charge in [-0.05, 0) is 18.8 Å². The van der Waals surface area contributed by atoms with Crippen molar-refractivity contribution >= 4 is 29.1 Å². The quantitative estimate of drug-likeness (QED) is 0.548. The number of carbonyl (C=O) groups excluding carboxylic acids is 2. The third-order valence-corrected chi connectivity index (χ3v) is 5.74. The zero-order chi connectivity index (χ0) is 25.7. The Labute approximate surface area is 196 Å². The highest BCUT2D eigenvalue weighted by Gasteiger charge is 2.54. The van der Waals surface area contributed by atoms with Crippen LogP contribution in [0.25, 0.3) is 11.2 Å². The maximum Gasteiger partial charge on any atom is 0.428 e. The van der Waals surface area contributed by atoms with Crippen molar-refractivity contribution in [1.29, 1.82) is 0 Å². The topological polar surface area (TPSA) is 150 Å². The monoisotopic (exact) mass is 503 g/mol. The van der Waals surface area contributed by atoms with Crippen molar-refractivity contribution in [2.75, 3.05) is 12.8 Å². The number of aromatic nitrogens is 4. The van der Waals surface area contributed by atoms with E-state index in [1.165, 1.54) is 11.7 Å². The molecule has 2 aromatic heterocycles. The molecule has 3 unspecified atom stereocenters. The van der Waals surface area contributed by atoms with Crippen LogP contribution in [0.4, 0.5) is 19.1 Å². The van der Waals surface area contributed by atoms with Crippen LogP contribution < -0.4 is 16.2 Å². The fraction of sp³-hybridized carbons (Fsp3) is 0.650. The minimum Gasteiger partial charge on any atom is -0.479 e. The summed E-state index contributed by atoms with van der Waals surface area (Å²) in [5.74, 6) is -2.02. The summed E-state index contributed by atoms with van der Waals surface area (Å²) in [4.78, 5) is 44.8. The van der Waals surface area contributed by atoms with E-state index in [1.54, 1.807) is 0 Å². The lowest BCUT2D eigenvalue weighted by molar-refractivity contribution is -0.248. The molecule has 2 fully saturated rings. The highest BCUT2D eigenvalue weighted by molar-refractivity contribution is 5.78. The Morgan fingerprint density at radius 1 is 1.23 bits per heavy atom. The predicted molar refractivity (Wildman–Crippen MR) is 111 cm³/mol. The Morgan fingerprint density at radius 3 is 2.46 bits per heavy atom. The number of hydrogen-bond donors (Lipinski definition) is 1. The van der Waals surface area contributed by atoms with E-state index in [0.717, 1.165) is 31.3 Å². The maximum atomic E-state index is 13.7. The summed E-state index contributed by atoms with van der Waals surface area (Å²) in [6, 6.07) is 0. The molecule has 2 aromatic rings. The number of esters is 2. The zero-order valence-corrected chi connectivity index (χ0v) is 19.1. The molecule has 2 aliphatic rings. The Hall–Kier alpha value is -3.36. The van der Waals surface area contributed by atoms with Gasteiger partial charge in [-0.1, -0.05) is 0 Å². The van der Waals surface area contributed by atoms with Gasteiger partial charge in [-0.15, -0.1) is 0 Å². The first-order valence-electron chi connectivity index (χ1n) is 10.8. The molecule has 192 valence electrons. The molecule has 0 radical (unpaired) electrons. The second kappa shape index (κ2) is 9.02. The number of methoxy groups -OCH3 is 1. The van der Waals surface area contributed by atoms with Crippen LogP contribution in [-0.2, 0) is 30.3 Å². The maximum absolute atomic E-state index is 13.7. The van der Waals surface area contributed by atoms with Crippen LogP contribution >= 0.6 is 0 Å². The third-order valence-electron chi connectivity index (χ3n) is 5.74. The van der Waals surface area contributed by atoms with E-state index in [2.05, 4.69) is 14.7 Å². The fourth-order valence-electron chi connectivity index (χ4n) is 4.20. The van der Waals surface area contributed by atoms with Gasteiger partial charge in [-0.3, -0.25) is 14.2 Å². The first-order chi connectivity index (χ1) is 16.4. The molecule has 2 N–H and O–H groups in total. The lowest BCUT2D eigenvalue weighted by Crippen LogP contribution is -2.43. The summed E-state index contributed by atoms with van der Waals surface area (Å²) in [5.41, 5.74) is 5.23. The lowest BCUT2D eigenvalue weighted by Gasteiger charge is -2.25. The number of anilines is 1. The minimum absolute atomic E-state index is 0.00401. The minimum atomic E-state index is -4.98. The van der Waals surface area contributed by atoms with E-state index >= 15 is 0 Å². The van der Waals surface area contributed by atoms with Gasteiger partial charge >= 0.3 is 23.8 Å². The van der Waals surface area contributed by atoms with Crippen LogP contribution in [-0.4, -0.2) is 62.6 Å². The van der Waals surface area contributed by atoms with Crippen molar-refractivity contribution in [3.05, 3.63) is 10.5 Å². The zero-order valence-electron chi connectivity index (χ0n) is 19.1. The standard InChI is InChI=1S/C20H24F3N5O7/c1-8(29)33-12-6-11(14(20(21,22)23)34-9(2)30)35-17(12)28-15-13(16(32-3)26-18(24)25-15)27(19(28)31)7-10-4-5-10/h10-12,14,17H,4-7H2,1-3H3,(H2,24,25,26)/t11?,12?,14-,17?/m1/s1. The summed E-state index contributed by atoms with van der Waals surface area (Å²) >= 11 is 0. The molecule has 12 nitrogen and oxygen atoms in total. The average molecular weight is 503 g/mol. The summed E-state index contributed by atoms with van der Waals surface area (Å²) in [6.07, 6.45) is -10.9. The number of halogens is 3. The Kier molecular flexibility index (Phi) is 6.38. The van der Waals surface area contributed by atoms with Crippen molar-refractivity contribution in [2.24, 2.45) is 5.92 Å². The molecule has 4 atom stereocenters. The summed E-state index contributed by atoms with van der Waals surface area (Å²) in [6.45, 7) is 2.19. The lowest BCUT2D eigenvalue weighted by atomic mass is 10.1. The second-order valence-electron chi connectivity index (χ2n) is 8.49. The van der Waals surface area contributed by atoms with E-state index in [-0.39, 0.29) is 28.9 Å². The Bertz CT molecular complexity index is 1210. The largest absolute Gasteiger partial charge is 0.479 e. The first kappa shape index (κ1) is 24.8. The van der Waals surface area contributed by atoms with Crippen molar-refractivity contribution in [1.82, 2.24) is 19.1 Å². The van der Waals surface area contributed by atoms with Gasteiger partial charge in [-0.2, -0.15) is 23.1 Å². The van der Waals surface area contributed by atoms with Gasteiger partial charge < -0.3 is 24.7 Å². The SMILES string of the molecule is COc1nc(N)nc2c1n(CC1CC1)c(=O)n2C1OC([C@@H](OC(C)=O)C(F)(F)F)CC1OC(C)=O. The molecule has 0 aromatic carbocycles. The smallest absolute Gasteiger partial charge is 0.428 e. The number of carbonyl (C=O) groups is 2. The van der Waals surface area contributed by atoms with Gasteiger partial charge in [0.05, 0.1) is 7.11 Å². The fourth-order valence-corrected chi connectivity index (χ4v) is 4.20. The number of imidazole rings is 1. The highest BCUT2D eigenvalue weighted by atomic mass is 19.4. The number of rotatable bonds is 7. The van der Waals surface area contributed by atoms with Crippen LogP contribution in [0.5, 0.6) is 5.88 Å². The van der Waals surface area contributed by atoms with Gasteiger partial charge in [0.2, 0.25) is 17.9 Å². The molecule has 15 heteroatoms. The van der Waals surface area contributed by atoms with Crippen LogP contribution in [0.2, 0.25) is 0 Å². The molecule has 35 heavy (non-hydrogen) atoms. The number of nitrogens with two attached hydrogens (primary N) is 1. The molecular formula is C20H24F3N5O7. The second-order valence-corrected chi connectivity index (χ2v) is 8.49. The van der Waals surface area contributed by atoms with Crippen LogP contribution in [0.1, 0.15) is 39.3 Å². The number of ether oxygens (including phenoxy) is 4. The molecule has 0 bridgehead atoms. The van der Waals surface area contributed by atoms with Crippen LogP contribution in [0.15, 0.2) is 4.79 Å².